The van der Waals surface area contributed by atoms with Crippen molar-refractivity contribution in [1.82, 2.24) is 4.57 Å². The number of hydrogen-bond acceptors (Lipinski definition) is 2. The Balaban J connectivity index is 1.20. The first-order valence-electron chi connectivity index (χ1n) is 19.4. The van der Waals surface area contributed by atoms with Gasteiger partial charge in [0.05, 0.1) is 16.7 Å². The lowest BCUT2D eigenvalue weighted by Crippen LogP contribution is -2.11. The van der Waals surface area contributed by atoms with E-state index in [-0.39, 0.29) is 0 Å². The molecule has 0 fully saturated rings. The summed E-state index contributed by atoms with van der Waals surface area (Å²) >= 11 is 0. The molecule has 0 spiro atoms. The molecule has 3 nitrogen and oxygen atoms in total. The zero-order valence-electron chi connectivity index (χ0n) is 31.1. The van der Waals surface area contributed by atoms with Crippen LogP contribution in [0, 0.1) is 0 Å². The van der Waals surface area contributed by atoms with Crippen LogP contribution in [0.2, 0.25) is 0 Å². The van der Waals surface area contributed by atoms with Crippen molar-refractivity contribution < 1.29 is 4.42 Å². The molecule has 0 amide bonds. The second-order valence-corrected chi connectivity index (χ2v) is 14.5. The number of furan rings is 1. The van der Waals surface area contributed by atoms with E-state index in [9.17, 15) is 0 Å². The highest BCUT2D eigenvalue weighted by molar-refractivity contribution is 6.17. The van der Waals surface area contributed by atoms with Crippen LogP contribution in [0.4, 0.5) is 17.1 Å². The van der Waals surface area contributed by atoms with Gasteiger partial charge in [-0.1, -0.05) is 146 Å². The molecular formula is C54H36N2O. The number of para-hydroxylation sites is 3. The van der Waals surface area contributed by atoms with Gasteiger partial charge in [-0.15, -0.1) is 0 Å². The van der Waals surface area contributed by atoms with Gasteiger partial charge in [0, 0.05) is 44.2 Å². The van der Waals surface area contributed by atoms with Crippen molar-refractivity contribution >= 4 is 60.8 Å². The van der Waals surface area contributed by atoms with Crippen LogP contribution in [-0.2, 0) is 0 Å². The summed E-state index contributed by atoms with van der Waals surface area (Å²) in [4.78, 5) is 2.41. The maximum absolute atomic E-state index is 6.31. The van der Waals surface area contributed by atoms with Crippen LogP contribution in [0.1, 0.15) is 0 Å². The fraction of sp³-hybridized carbons (Fsp3) is 0. The summed E-state index contributed by atoms with van der Waals surface area (Å²) in [5.74, 6) is 0. The molecule has 11 rings (SSSR count). The lowest BCUT2D eigenvalue weighted by Gasteiger charge is -2.28. The van der Waals surface area contributed by atoms with Crippen LogP contribution in [0.25, 0.3) is 82.8 Å². The second kappa shape index (κ2) is 13.6. The molecule has 0 unspecified atom stereocenters. The Morgan fingerprint density at radius 1 is 0.351 bits per heavy atom. The van der Waals surface area contributed by atoms with Crippen molar-refractivity contribution in [3.63, 3.8) is 0 Å². The van der Waals surface area contributed by atoms with E-state index < -0.39 is 0 Å². The third kappa shape index (κ3) is 5.60. The first kappa shape index (κ1) is 32.8. The van der Waals surface area contributed by atoms with Gasteiger partial charge in [0.25, 0.3) is 0 Å². The van der Waals surface area contributed by atoms with Crippen LogP contribution in [-0.4, -0.2) is 4.57 Å². The molecule has 0 N–H and O–H groups in total. The van der Waals surface area contributed by atoms with Crippen molar-refractivity contribution in [3.8, 4) is 39.1 Å². The molecule has 0 atom stereocenters. The third-order valence-corrected chi connectivity index (χ3v) is 11.2. The van der Waals surface area contributed by atoms with Crippen LogP contribution >= 0.6 is 0 Å². The largest absolute Gasteiger partial charge is 0.456 e. The smallest absolute Gasteiger partial charge is 0.135 e. The fourth-order valence-corrected chi connectivity index (χ4v) is 8.60. The van der Waals surface area contributed by atoms with E-state index in [1.54, 1.807) is 0 Å². The van der Waals surface area contributed by atoms with Gasteiger partial charge in [-0.2, -0.15) is 0 Å². The van der Waals surface area contributed by atoms with Crippen molar-refractivity contribution in [2.75, 3.05) is 4.90 Å². The van der Waals surface area contributed by atoms with Crippen molar-refractivity contribution in [3.05, 3.63) is 218 Å². The number of fused-ring (bicyclic) bond motifs is 6. The first-order chi connectivity index (χ1) is 28.3. The Morgan fingerprint density at radius 3 is 1.77 bits per heavy atom. The highest BCUT2D eigenvalue weighted by Gasteiger charge is 2.22. The highest BCUT2D eigenvalue weighted by atomic mass is 16.3. The maximum Gasteiger partial charge on any atom is 0.135 e. The molecule has 0 saturated heterocycles. The fourth-order valence-electron chi connectivity index (χ4n) is 8.60. The van der Waals surface area contributed by atoms with Gasteiger partial charge in [-0.05, 0) is 101 Å². The summed E-state index contributed by atoms with van der Waals surface area (Å²) in [6.07, 6.45) is 0. The quantitative estimate of drug-likeness (QED) is 0.163. The highest BCUT2D eigenvalue weighted by Crippen LogP contribution is 2.46. The Labute approximate surface area is 330 Å². The van der Waals surface area contributed by atoms with E-state index in [4.69, 9.17) is 4.42 Å². The van der Waals surface area contributed by atoms with Gasteiger partial charge in [0.15, 0.2) is 0 Å². The van der Waals surface area contributed by atoms with E-state index in [0.717, 1.165) is 61.3 Å². The van der Waals surface area contributed by atoms with E-state index in [1.807, 2.05) is 12.1 Å². The number of nitrogens with zero attached hydrogens (tertiary/aromatic N) is 2. The lowest BCUT2D eigenvalue weighted by atomic mass is 9.95. The number of anilines is 3. The van der Waals surface area contributed by atoms with Crippen LogP contribution < -0.4 is 4.90 Å². The molecule has 268 valence electrons. The summed E-state index contributed by atoms with van der Waals surface area (Å²) in [5, 5.41) is 4.60. The second-order valence-electron chi connectivity index (χ2n) is 14.5. The van der Waals surface area contributed by atoms with Crippen LogP contribution in [0.5, 0.6) is 0 Å². The first-order valence-corrected chi connectivity index (χ1v) is 19.4. The topological polar surface area (TPSA) is 21.3 Å². The van der Waals surface area contributed by atoms with Crippen molar-refractivity contribution in [1.29, 1.82) is 0 Å². The average molecular weight is 729 g/mol. The van der Waals surface area contributed by atoms with Gasteiger partial charge in [0.1, 0.15) is 11.2 Å². The summed E-state index contributed by atoms with van der Waals surface area (Å²) in [5.41, 5.74) is 15.5. The van der Waals surface area contributed by atoms with E-state index in [0.29, 0.717) is 0 Å². The molecule has 0 radical (unpaired) electrons. The minimum absolute atomic E-state index is 0.875. The predicted molar refractivity (Wildman–Crippen MR) is 239 cm³/mol. The standard InChI is InChI=1S/C54H36N2O/c1-4-16-37(17-5-1)39-20-14-21-40(34-39)45-26-15-28-51-54(45)48-36-42(30-32-50(48)56(51)41-22-8-3-9-23-41)55(49-27-12-10-24-44(49)38-18-6-2-7-19-38)43-31-33-53-47(35-43)46-25-11-13-29-52(46)57-53/h1-36H. The lowest BCUT2D eigenvalue weighted by molar-refractivity contribution is 0.669. The Bertz CT molecular complexity index is 3230. The molecule has 3 heteroatoms. The Kier molecular flexibility index (Phi) is 7.82. The number of aromatic nitrogens is 1. The van der Waals surface area contributed by atoms with E-state index in [1.165, 1.54) is 38.5 Å². The normalized spacial score (nSPS) is 11.5. The Morgan fingerprint density at radius 2 is 0.947 bits per heavy atom. The van der Waals surface area contributed by atoms with Gasteiger partial charge >= 0.3 is 0 Å². The molecule has 0 saturated carbocycles. The zero-order valence-corrected chi connectivity index (χ0v) is 31.1. The molecule has 11 aromatic rings. The van der Waals surface area contributed by atoms with E-state index >= 15 is 0 Å². The van der Waals surface area contributed by atoms with Gasteiger partial charge in [-0.25, -0.2) is 0 Å². The molecule has 57 heavy (non-hydrogen) atoms. The molecular weight excluding hydrogens is 693 g/mol. The van der Waals surface area contributed by atoms with Crippen LogP contribution in [0.3, 0.4) is 0 Å². The zero-order chi connectivity index (χ0) is 37.7. The van der Waals surface area contributed by atoms with E-state index in [2.05, 4.69) is 216 Å². The van der Waals surface area contributed by atoms with Gasteiger partial charge < -0.3 is 13.9 Å². The minimum Gasteiger partial charge on any atom is -0.456 e. The third-order valence-electron chi connectivity index (χ3n) is 11.2. The predicted octanol–water partition coefficient (Wildman–Crippen LogP) is 15.2. The monoisotopic (exact) mass is 728 g/mol. The number of benzene rings is 9. The SMILES string of the molecule is c1ccc(-c2cccc(-c3cccc4c3c3cc(N(c5ccc6oc7ccccc7c6c5)c5ccccc5-c5ccccc5)ccc3n4-c3ccccc3)c2)cc1. The van der Waals surface area contributed by atoms with Crippen molar-refractivity contribution in [2.24, 2.45) is 0 Å². The average Bonchev–Trinajstić information content (AvgIpc) is 3.83. The van der Waals surface area contributed by atoms with Gasteiger partial charge in [0.2, 0.25) is 0 Å². The summed E-state index contributed by atoms with van der Waals surface area (Å²) in [6, 6.07) is 78.2. The van der Waals surface area contributed by atoms with Crippen molar-refractivity contribution in [2.45, 2.75) is 0 Å². The summed E-state index contributed by atoms with van der Waals surface area (Å²) < 4.78 is 8.72. The molecule has 0 bridgehead atoms. The summed E-state index contributed by atoms with van der Waals surface area (Å²) in [6.45, 7) is 0. The molecule has 9 aromatic carbocycles. The van der Waals surface area contributed by atoms with Crippen LogP contribution in [0.15, 0.2) is 223 Å². The number of rotatable bonds is 7. The Hall–Kier alpha value is -7.62. The molecule has 0 aliphatic rings. The summed E-state index contributed by atoms with van der Waals surface area (Å²) in [7, 11) is 0. The number of hydrogen-bond donors (Lipinski definition) is 0. The molecule has 2 heterocycles. The molecule has 0 aliphatic heterocycles. The van der Waals surface area contributed by atoms with Gasteiger partial charge in [-0.3, -0.25) is 0 Å². The molecule has 2 aromatic heterocycles. The minimum atomic E-state index is 0.875. The maximum atomic E-state index is 6.31. The molecule has 0 aliphatic carbocycles.